The van der Waals surface area contributed by atoms with Crippen LogP contribution in [-0.2, 0) is 11.3 Å². The number of hydrogen-bond donors (Lipinski definition) is 1. The number of carbonyl (C=O) groups excluding carboxylic acids is 2. The molecule has 1 unspecified atom stereocenters. The van der Waals surface area contributed by atoms with Gasteiger partial charge in [-0.05, 0) is 63.1 Å². The Bertz CT molecular complexity index is 1000. The lowest BCUT2D eigenvalue weighted by Crippen LogP contribution is -2.35. The molecule has 2 amide bonds. The highest BCUT2D eigenvalue weighted by Crippen LogP contribution is 2.39. The predicted molar refractivity (Wildman–Crippen MR) is 125 cm³/mol. The Kier molecular flexibility index (Phi) is 7.33. The molecular weight excluding hydrogens is 476 g/mol. The first kappa shape index (κ1) is 23.9. The van der Waals surface area contributed by atoms with Gasteiger partial charge >= 0.3 is 6.09 Å². The van der Waals surface area contributed by atoms with Crippen LogP contribution in [0.1, 0.15) is 54.7 Å². The molecule has 0 bridgehead atoms. The van der Waals surface area contributed by atoms with Gasteiger partial charge in [0.2, 0.25) is 0 Å². The summed E-state index contributed by atoms with van der Waals surface area (Å²) in [5.41, 5.74) is 1.91. The summed E-state index contributed by atoms with van der Waals surface area (Å²) in [7, 11) is 3.19. The van der Waals surface area contributed by atoms with Crippen molar-refractivity contribution >= 4 is 27.9 Å². The highest BCUT2D eigenvalue weighted by molar-refractivity contribution is 9.10. The summed E-state index contributed by atoms with van der Waals surface area (Å²) in [5, 5.41) is 2.80. The van der Waals surface area contributed by atoms with Crippen molar-refractivity contribution in [3.05, 3.63) is 57.6 Å². The molecule has 1 N–H and O–H groups in total. The van der Waals surface area contributed by atoms with Crippen LogP contribution in [0, 0.1) is 0 Å². The summed E-state index contributed by atoms with van der Waals surface area (Å²) < 4.78 is 17.0. The molecule has 7 nitrogen and oxygen atoms in total. The molecule has 0 fully saturated rings. The van der Waals surface area contributed by atoms with E-state index in [-0.39, 0.29) is 11.9 Å². The molecule has 3 rings (SSSR count). The molecule has 0 spiro atoms. The van der Waals surface area contributed by atoms with Crippen molar-refractivity contribution in [1.29, 1.82) is 0 Å². The van der Waals surface area contributed by atoms with Crippen molar-refractivity contribution in [3.63, 3.8) is 0 Å². The number of nitrogens with one attached hydrogen (secondary N) is 1. The van der Waals surface area contributed by atoms with Gasteiger partial charge in [-0.25, -0.2) is 4.79 Å². The number of rotatable bonds is 7. The van der Waals surface area contributed by atoms with E-state index in [4.69, 9.17) is 14.2 Å². The fourth-order valence-corrected chi connectivity index (χ4v) is 4.13. The van der Waals surface area contributed by atoms with Gasteiger partial charge in [0, 0.05) is 28.2 Å². The molecule has 1 atom stereocenters. The fourth-order valence-electron chi connectivity index (χ4n) is 3.75. The maximum absolute atomic E-state index is 13.3. The number of hydrogen-bond acceptors (Lipinski definition) is 5. The number of halogens is 1. The van der Waals surface area contributed by atoms with E-state index in [1.165, 1.54) is 0 Å². The zero-order chi connectivity index (χ0) is 23.5. The van der Waals surface area contributed by atoms with Crippen molar-refractivity contribution < 1.29 is 23.8 Å². The molecule has 2 aromatic carbocycles. The minimum atomic E-state index is -0.568. The van der Waals surface area contributed by atoms with Gasteiger partial charge < -0.3 is 24.4 Å². The molecule has 0 saturated carbocycles. The Morgan fingerprint density at radius 3 is 2.53 bits per heavy atom. The maximum atomic E-state index is 13.3. The Balaban J connectivity index is 1.82. The molecule has 32 heavy (non-hydrogen) atoms. The van der Waals surface area contributed by atoms with Crippen molar-refractivity contribution in [3.8, 4) is 11.5 Å². The van der Waals surface area contributed by atoms with Crippen LogP contribution in [0.3, 0.4) is 0 Å². The van der Waals surface area contributed by atoms with Crippen LogP contribution in [-0.4, -0.2) is 43.3 Å². The maximum Gasteiger partial charge on any atom is 0.407 e. The third kappa shape index (κ3) is 5.54. The average Bonchev–Trinajstić information content (AvgIpc) is 2.97. The van der Waals surface area contributed by atoms with Crippen molar-refractivity contribution in [1.82, 2.24) is 10.2 Å². The van der Waals surface area contributed by atoms with Gasteiger partial charge in [-0.2, -0.15) is 0 Å². The quantitative estimate of drug-likeness (QED) is 0.568. The van der Waals surface area contributed by atoms with Gasteiger partial charge in [0.05, 0.1) is 26.8 Å². The highest BCUT2D eigenvalue weighted by atomic mass is 79.9. The summed E-state index contributed by atoms with van der Waals surface area (Å²) in [6.45, 7) is 6.20. The molecule has 172 valence electrons. The molecule has 8 heteroatoms. The number of ether oxygens (including phenoxy) is 3. The summed E-state index contributed by atoms with van der Waals surface area (Å²) in [6.07, 6.45) is 0.0760. The number of benzene rings is 2. The zero-order valence-electron chi connectivity index (χ0n) is 19.0. The Morgan fingerprint density at radius 1 is 1.12 bits per heavy atom. The number of amides is 2. The van der Waals surface area contributed by atoms with E-state index in [2.05, 4.69) is 21.2 Å². The summed E-state index contributed by atoms with van der Waals surface area (Å²) in [6, 6.07) is 11.0. The molecule has 1 heterocycles. The normalized spacial score (nSPS) is 15.4. The number of alkyl carbamates (subject to hydrolysis) is 1. The minimum absolute atomic E-state index is 0.0485. The second-order valence-electron chi connectivity index (χ2n) is 8.58. The first-order valence-electron chi connectivity index (χ1n) is 10.4. The highest BCUT2D eigenvalue weighted by Gasteiger charge is 2.37. The molecule has 1 aliphatic heterocycles. The minimum Gasteiger partial charge on any atom is -0.497 e. The second-order valence-corrected chi connectivity index (χ2v) is 9.49. The molecule has 0 saturated heterocycles. The summed E-state index contributed by atoms with van der Waals surface area (Å²) in [4.78, 5) is 27.1. The second kappa shape index (κ2) is 9.81. The lowest BCUT2D eigenvalue weighted by atomic mass is 10.0. The summed E-state index contributed by atoms with van der Waals surface area (Å²) >= 11 is 3.51. The smallest absolute Gasteiger partial charge is 0.407 e. The van der Waals surface area contributed by atoms with Gasteiger partial charge in [0.15, 0.2) is 0 Å². The van der Waals surface area contributed by atoms with Crippen LogP contribution in [0.4, 0.5) is 4.79 Å². The van der Waals surface area contributed by atoms with Crippen LogP contribution < -0.4 is 14.8 Å². The Hall–Kier alpha value is -2.74. The monoisotopic (exact) mass is 504 g/mol. The molecule has 2 aromatic rings. The SMILES string of the molecule is COc1ccc(CN2C(=O)c3ccc(Br)cc3C2CCNC(=O)OC(C)(C)C)c(OC)c1. The van der Waals surface area contributed by atoms with Gasteiger partial charge in [-0.1, -0.05) is 15.9 Å². The van der Waals surface area contributed by atoms with Gasteiger partial charge in [0.1, 0.15) is 17.1 Å². The van der Waals surface area contributed by atoms with E-state index in [9.17, 15) is 9.59 Å². The predicted octanol–water partition coefficient (Wildman–Crippen LogP) is 5.08. The van der Waals surface area contributed by atoms with Crippen LogP contribution in [0.2, 0.25) is 0 Å². The fraction of sp³-hybridized carbons (Fsp3) is 0.417. The van der Waals surface area contributed by atoms with E-state index in [0.29, 0.717) is 36.6 Å². The topological polar surface area (TPSA) is 77.1 Å². The first-order valence-corrected chi connectivity index (χ1v) is 11.2. The average molecular weight is 505 g/mol. The standard InChI is InChI=1S/C24H29BrN2O5/c1-24(2,3)32-23(29)26-11-10-20-19-12-16(25)7-9-18(19)22(28)27(20)14-15-6-8-17(30-4)13-21(15)31-5/h6-9,12-13,20H,10-11,14H2,1-5H3,(H,26,29). The molecular formula is C24H29BrN2O5. The van der Waals surface area contributed by atoms with Crippen molar-refractivity contribution in [2.24, 2.45) is 0 Å². The van der Waals surface area contributed by atoms with Gasteiger partial charge in [0.25, 0.3) is 5.91 Å². The lowest BCUT2D eigenvalue weighted by Gasteiger charge is -2.27. The number of carbonyl (C=O) groups is 2. The summed E-state index contributed by atoms with van der Waals surface area (Å²) in [5.74, 6) is 1.29. The first-order chi connectivity index (χ1) is 15.1. The van der Waals surface area contributed by atoms with E-state index >= 15 is 0 Å². The van der Waals surface area contributed by atoms with Crippen LogP contribution in [0.5, 0.6) is 11.5 Å². The third-order valence-electron chi connectivity index (χ3n) is 5.16. The number of nitrogens with zero attached hydrogens (tertiary/aromatic N) is 1. The van der Waals surface area contributed by atoms with E-state index in [0.717, 1.165) is 15.6 Å². The van der Waals surface area contributed by atoms with E-state index in [1.807, 2.05) is 56.0 Å². The Labute approximate surface area is 197 Å². The zero-order valence-corrected chi connectivity index (χ0v) is 20.6. The molecule has 0 radical (unpaired) electrons. The number of methoxy groups -OCH3 is 2. The van der Waals surface area contributed by atoms with Crippen LogP contribution >= 0.6 is 15.9 Å². The number of fused-ring (bicyclic) bond motifs is 1. The van der Waals surface area contributed by atoms with E-state index in [1.54, 1.807) is 20.3 Å². The molecule has 0 aromatic heterocycles. The molecule has 0 aliphatic carbocycles. The van der Waals surface area contributed by atoms with Crippen molar-refractivity contribution in [2.45, 2.75) is 45.4 Å². The van der Waals surface area contributed by atoms with Gasteiger partial charge in [-0.15, -0.1) is 0 Å². The van der Waals surface area contributed by atoms with Crippen molar-refractivity contribution in [2.75, 3.05) is 20.8 Å². The van der Waals surface area contributed by atoms with E-state index < -0.39 is 11.7 Å². The third-order valence-corrected chi connectivity index (χ3v) is 5.65. The largest absolute Gasteiger partial charge is 0.497 e. The lowest BCUT2D eigenvalue weighted by molar-refractivity contribution is 0.0521. The Morgan fingerprint density at radius 2 is 1.88 bits per heavy atom. The van der Waals surface area contributed by atoms with Crippen LogP contribution in [0.15, 0.2) is 40.9 Å². The van der Waals surface area contributed by atoms with Crippen LogP contribution in [0.25, 0.3) is 0 Å². The molecule has 1 aliphatic rings. The van der Waals surface area contributed by atoms with Gasteiger partial charge in [-0.3, -0.25) is 4.79 Å².